The minimum Gasteiger partial charge on any atom is -0.490 e. The van der Waals surface area contributed by atoms with Gasteiger partial charge in [-0.05, 0) is 61.5 Å². The quantitative estimate of drug-likeness (QED) is 0.297. The maximum atomic E-state index is 12.7. The van der Waals surface area contributed by atoms with Crippen LogP contribution in [0, 0.1) is 0 Å². The summed E-state index contributed by atoms with van der Waals surface area (Å²) in [6.45, 7) is 3.14. The standard InChI is InChI=1S/C24H27N3O5S/c1-3-31-21-15-17(14-19-23(29)27(24(33)26-19)12-7-13-30-2)10-11-20(21)32-16-22(28)25-18-8-5-4-6-9-18/h4-6,8-11,14-15H,3,7,12-13,16H2,1-2H3,(H,25,28)(H,26,33)/b19-14+. The number of nitrogens with one attached hydrogen (secondary N) is 2. The molecule has 0 aliphatic carbocycles. The Kier molecular flexibility index (Phi) is 8.79. The number of ether oxygens (including phenoxy) is 3. The molecule has 0 saturated carbocycles. The van der Waals surface area contributed by atoms with Crippen molar-refractivity contribution in [3.05, 3.63) is 59.8 Å². The highest BCUT2D eigenvalue weighted by atomic mass is 32.1. The largest absolute Gasteiger partial charge is 0.490 e. The third-order valence-electron chi connectivity index (χ3n) is 4.69. The number of para-hydroxylation sites is 1. The molecule has 33 heavy (non-hydrogen) atoms. The zero-order valence-electron chi connectivity index (χ0n) is 18.6. The van der Waals surface area contributed by atoms with E-state index in [-0.39, 0.29) is 18.4 Å². The lowest BCUT2D eigenvalue weighted by Crippen LogP contribution is -2.32. The number of carbonyl (C=O) groups is 2. The van der Waals surface area contributed by atoms with E-state index < -0.39 is 0 Å². The molecule has 0 radical (unpaired) electrons. The number of anilines is 1. The van der Waals surface area contributed by atoms with Crippen molar-refractivity contribution < 1.29 is 23.8 Å². The lowest BCUT2D eigenvalue weighted by molar-refractivity contribution is -0.122. The summed E-state index contributed by atoms with van der Waals surface area (Å²) < 4.78 is 16.4. The summed E-state index contributed by atoms with van der Waals surface area (Å²) in [5, 5.41) is 6.10. The SMILES string of the molecule is CCOc1cc(/C=C2/NC(=S)N(CCCOC)C2=O)ccc1OCC(=O)Nc1ccccc1. The number of benzene rings is 2. The molecule has 0 bridgehead atoms. The monoisotopic (exact) mass is 469 g/mol. The third-order valence-corrected chi connectivity index (χ3v) is 5.01. The number of carbonyl (C=O) groups excluding carboxylic acids is 2. The molecule has 174 valence electrons. The van der Waals surface area contributed by atoms with E-state index in [1.807, 2.05) is 25.1 Å². The molecular formula is C24H27N3O5S. The smallest absolute Gasteiger partial charge is 0.276 e. The van der Waals surface area contributed by atoms with E-state index in [0.717, 1.165) is 5.56 Å². The number of hydrogen-bond acceptors (Lipinski definition) is 6. The van der Waals surface area contributed by atoms with Gasteiger partial charge in [0.25, 0.3) is 11.8 Å². The van der Waals surface area contributed by atoms with Crippen LogP contribution in [0.5, 0.6) is 11.5 Å². The van der Waals surface area contributed by atoms with Gasteiger partial charge in [-0.3, -0.25) is 14.5 Å². The van der Waals surface area contributed by atoms with Gasteiger partial charge in [0.2, 0.25) is 0 Å². The number of methoxy groups -OCH3 is 1. The summed E-state index contributed by atoms with van der Waals surface area (Å²) in [7, 11) is 1.62. The van der Waals surface area contributed by atoms with E-state index in [1.165, 1.54) is 4.90 Å². The highest BCUT2D eigenvalue weighted by Gasteiger charge is 2.30. The zero-order chi connectivity index (χ0) is 23.6. The lowest BCUT2D eigenvalue weighted by Gasteiger charge is -2.13. The van der Waals surface area contributed by atoms with Crippen LogP contribution in [0.1, 0.15) is 18.9 Å². The molecule has 1 saturated heterocycles. The van der Waals surface area contributed by atoms with Gasteiger partial charge in [0, 0.05) is 25.9 Å². The molecule has 0 unspecified atom stereocenters. The summed E-state index contributed by atoms with van der Waals surface area (Å²) in [6, 6.07) is 14.4. The summed E-state index contributed by atoms with van der Waals surface area (Å²) in [5.74, 6) is 0.443. The average molecular weight is 470 g/mol. The molecule has 9 heteroatoms. The van der Waals surface area contributed by atoms with E-state index in [1.54, 1.807) is 43.5 Å². The molecule has 1 aliphatic heterocycles. The minimum atomic E-state index is -0.280. The van der Waals surface area contributed by atoms with Crippen LogP contribution in [0.3, 0.4) is 0 Å². The molecule has 0 atom stereocenters. The van der Waals surface area contributed by atoms with Crippen LogP contribution in [0.25, 0.3) is 6.08 Å². The molecular weight excluding hydrogens is 442 g/mol. The second-order valence-electron chi connectivity index (χ2n) is 7.13. The Morgan fingerprint density at radius 2 is 1.94 bits per heavy atom. The lowest BCUT2D eigenvalue weighted by atomic mass is 10.1. The average Bonchev–Trinajstić information content (AvgIpc) is 3.07. The predicted molar refractivity (Wildman–Crippen MR) is 130 cm³/mol. The first-order chi connectivity index (χ1) is 16.0. The van der Waals surface area contributed by atoms with Gasteiger partial charge in [-0.2, -0.15) is 0 Å². The summed E-state index contributed by atoms with van der Waals surface area (Å²) >= 11 is 5.28. The van der Waals surface area contributed by atoms with Crippen molar-refractivity contribution in [3.63, 3.8) is 0 Å². The van der Waals surface area contributed by atoms with Gasteiger partial charge in [0.05, 0.1) is 6.61 Å². The Labute approximate surface area is 198 Å². The molecule has 2 amide bonds. The number of nitrogens with zero attached hydrogens (tertiary/aromatic N) is 1. The second-order valence-corrected chi connectivity index (χ2v) is 7.52. The van der Waals surface area contributed by atoms with Gasteiger partial charge >= 0.3 is 0 Å². The first-order valence-electron chi connectivity index (χ1n) is 10.6. The number of hydrogen-bond donors (Lipinski definition) is 2. The zero-order valence-corrected chi connectivity index (χ0v) is 19.4. The van der Waals surface area contributed by atoms with E-state index in [0.29, 0.717) is 54.2 Å². The minimum absolute atomic E-state index is 0.167. The van der Waals surface area contributed by atoms with Gasteiger partial charge in [-0.15, -0.1) is 0 Å². The van der Waals surface area contributed by atoms with Crippen molar-refractivity contribution in [1.29, 1.82) is 0 Å². The third kappa shape index (κ3) is 6.77. The van der Waals surface area contributed by atoms with Crippen molar-refractivity contribution in [3.8, 4) is 11.5 Å². The van der Waals surface area contributed by atoms with Crippen molar-refractivity contribution in [1.82, 2.24) is 10.2 Å². The second kappa shape index (κ2) is 12.0. The van der Waals surface area contributed by atoms with E-state index in [2.05, 4.69) is 10.6 Å². The molecule has 1 aliphatic rings. The summed E-state index contributed by atoms with van der Waals surface area (Å²) in [4.78, 5) is 26.4. The Morgan fingerprint density at radius 1 is 1.15 bits per heavy atom. The first kappa shape index (κ1) is 24.2. The Morgan fingerprint density at radius 3 is 2.67 bits per heavy atom. The van der Waals surface area contributed by atoms with Crippen LogP contribution in [0.2, 0.25) is 0 Å². The fraction of sp³-hybridized carbons (Fsp3) is 0.292. The maximum Gasteiger partial charge on any atom is 0.276 e. The van der Waals surface area contributed by atoms with Crippen molar-refractivity contribution in [2.75, 3.05) is 38.8 Å². The number of rotatable bonds is 11. The molecule has 2 aromatic carbocycles. The van der Waals surface area contributed by atoms with Crippen molar-refractivity contribution >= 4 is 40.9 Å². The van der Waals surface area contributed by atoms with Crippen LogP contribution in [-0.2, 0) is 14.3 Å². The summed E-state index contributed by atoms with van der Waals surface area (Å²) in [5.41, 5.74) is 1.81. The summed E-state index contributed by atoms with van der Waals surface area (Å²) in [6.07, 6.45) is 2.40. The van der Waals surface area contributed by atoms with Crippen molar-refractivity contribution in [2.45, 2.75) is 13.3 Å². The van der Waals surface area contributed by atoms with Crippen LogP contribution in [-0.4, -0.2) is 55.3 Å². The van der Waals surface area contributed by atoms with Gasteiger partial charge in [0.15, 0.2) is 23.2 Å². The van der Waals surface area contributed by atoms with E-state index in [4.69, 9.17) is 26.4 Å². The highest BCUT2D eigenvalue weighted by molar-refractivity contribution is 7.80. The first-order valence-corrected chi connectivity index (χ1v) is 11.0. The Balaban J connectivity index is 1.67. The Hall–Kier alpha value is -3.43. The Bertz CT molecular complexity index is 1030. The molecule has 3 rings (SSSR count). The fourth-order valence-electron chi connectivity index (χ4n) is 3.17. The fourth-order valence-corrected chi connectivity index (χ4v) is 3.46. The molecule has 8 nitrogen and oxygen atoms in total. The highest BCUT2D eigenvalue weighted by Crippen LogP contribution is 2.30. The molecule has 2 N–H and O–H groups in total. The topological polar surface area (TPSA) is 89.1 Å². The van der Waals surface area contributed by atoms with Crippen LogP contribution in [0.4, 0.5) is 5.69 Å². The van der Waals surface area contributed by atoms with E-state index in [9.17, 15) is 9.59 Å². The van der Waals surface area contributed by atoms with Crippen LogP contribution in [0.15, 0.2) is 54.2 Å². The van der Waals surface area contributed by atoms with Gasteiger partial charge in [-0.1, -0.05) is 24.3 Å². The molecule has 0 aromatic heterocycles. The van der Waals surface area contributed by atoms with Gasteiger partial charge in [0.1, 0.15) is 5.70 Å². The normalized spacial score (nSPS) is 14.4. The molecule has 0 spiro atoms. The maximum absolute atomic E-state index is 12.7. The molecule has 1 heterocycles. The van der Waals surface area contributed by atoms with E-state index >= 15 is 0 Å². The molecule has 1 fully saturated rings. The molecule has 2 aromatic rings. The van der Waals surface area contributed by atoms with Crippen LogP contribution >= 0.6 is 12.2 Å². The predicted octanol–water partition coefficient (Wildman–Crippen LogP) is 3.20. The number of amides is 2. The van der Waals surface area contributed by atoms with Gasteiger partial charge in [-0.25, -0.2) is 0 Å². The van der Waals surface area contributed by atoms with Gasteiger partial charge < -0.3 is 24.8 Å². The number of thiocarbonyl (C=S) groups is 1. The van der Waals surface area contributed by atoms with Crippen molar-refractivity contribution in [2.24, 2.45) is 0 Å². The van der Waals surface area contributed by atoms with Crippen LogP contribution < -0.4 is 20.1 Å².